The zero-order valence-electron chi connectivity index (χ0n) is 12.3. The molecule has 0 radical (unpaired) electrons. The van der Waals surface area contributed by atoms with Gasteiger partial charge in [0.05, 0.1) is 23.6 Å². The highest BCUT2D eigenvalue weighted by Crippen LogP contribution is 2.17. The van der Waals surface area contributed by atoms with Crippen molar-refractivity contribution in [2.75, 3.05) is 7.11 Å². The Balaban J connectivity index is 2.06. The van der Waals surface area contributed by atoms with Crippen molar-refractivity contribution in [3.8, 4) is 0 Å². The lowest BCUT2D eigenvalue weighted by Gasteiger charge is -2.08. The minimum Gasteiger partial charge on any atom is -0.465 e. The van der Waals surface area contributed by atoms with E-state index in [0.717, 1.165) is 5.56 Å². The molecule has 0 unspecified atom stereocenters. The summed E-state index contributed by atoms with van der Waals surface area (Å²) < 4.78 is 4.78. The molecule has 23 heavy (non-hydrogen) atoms. The molecule has 6 heteroatoms. The number of hydrogen-bond donors (Lipinski definition) is 1. The highest BCUT2D eigenvalue weighted by atomic mass is 35.5. The number of hydrogen-bond acceptors (Lipinski definition) is 4. The molecule has 0 saturated heterocycles. The van der Waals surface area contributed by atoms with Gasteiger partial charge in [-0.25, -0.2) is 9.78 Å². The van der Waals surface area contributed by atoms with Crippen LogP contribution in [0, 0.1) is 0 Å². The summed E-state index contributed by atoms with van der Waals surface area (Å²) in [6, 6.07) is 12.0. The van der Waals surface area contributed by atoms with Gasteiger partial charge in [-0.1, -0.05) is 29.8 Å². The molecule has 0 bridgehead atoms. The van der Waals surface area contributed by atoms with Gasteiger partial charge in [-0.15, -0.1) is 0 Å². The lowest BCUT2D eigenvalue weighted by molar-refractivity contribution is 0.0599. The predicted octanol–water partition coefficient (Wildman–Crippen LogP) is 2.95. The number of carbonyl (C=O) groups is 1. The third kappa shape index (κ3) is 3.10. The molecular formula is C17H13ClN2O3. The van der Waals surface area contributed by atoms with E-state index in [0.29, 0.717) is 33.7 Å². The van der Waals surface area contributed by atoms with E-state index in [1.807, 2.05) is 6.07 Å². The maximum Gasteiger partial charge on any atom is 0.338 e. The average molecular weight is 329 g/mol. The smallest absolute Gasteiger partial charge is 0.338 e. The number of fused-ring (bicyclic) bond motifs is 1. The second kappa shape index (κ2) is 6.22. The summed E-state index contributed by atoms with van der Waals surface area (Å²) in [5.74, 6) is 0.0351. The number of methoxy groups -OCH3 is 1. The van der Waals surface area contributed by atoms with Gasteiger partial charge in [-0.2, -0.15) is 0 Å². The van der Waals surface area contributed by atoms with Crippen molar-refractivity contribution < 1.29 is 9.53 Å². The molecule has 5 nitrogen and oxygen atoms in total. The zero-order chi connectivity index (χ0) is 16.4. The predicted molar refractivity (Wildman–Crippen MR) is 88.0 cm³/mol. The Kier molecular flexibility index (Phi) is 4.12. The molecule has 0 fully saturated rings. The Bertz CT molecular complexity index is 950. The number of ether oxygens (including phenoxy) is 1. The Morgan fingerprint density at radius 1 is 1.26 bits per heavy atom. The number of nitrogens with zero attached hydrogens (tertiary/aromatic N) is 1. The van der Waals surface area contributed by atoms with E-state index in [2.05, 4.69) is 9.97 Å². The molecule has 0 aliphatic heterocycles. The molecule has 0 amide bonds. The number of nitrogens with one attached hydrogen (secondary N) is 1. The fourth-order valence-electron chi connectivity index (χ4n) is 2.41. The van der Waals surface area contributed by atoms with Crippen LogP contribution in [0.3, 0.4) is 0 Å². The van der Waals surface area contributed by atoms with Crippen LogP contribution in [0.1, 0.15) is 21.7 Å². The fourth-order valence-corrected chi connectivity index (χ4v) is 2.58. The molecule has 0 saturated carbocycles. The van der Waals surface area contributed by atoms with E-state index in [-0.39, 0.29) is 5.56 Å². The molecule has 1 heterocycles. The van der Waals surface area contributed by atoms with Gasteiger partial charge in [0.25, 0.3) is 5.56 Å². The lowest BCUT2D eigenvalue weighted by Crippen LogP contribution is -2.13. The highest BCUT2D eigenvalue weighted by Gasteiger charge is 2.13. The minimum atomic E-state index is -0.424. The molecule has 1 aromatic heterocycles. The van der Waals surface area contributed by atoms with E-state index in [9.17, 15) is 9.59 Å². The largest absolute Gasteiger partial charge is 0.465 e. The SMILES string of the molecule is COC(=O)c1ccccc1Cc1nc2cc(Cl)ccc2c(=O)[nH]1. The van der Waals surface area contributed by atoms with Gasteiger partial charge in [0.2, 0.25) is 0 Å². The number of esters is 1. The Morgan fingerprint density at radius 3 is 2.83 bits per heavy atom. The standard InChI is InChI=1S/C17H13ClN2O3/c1-23-17(22)12-5-3-2-4-10(12)8-15-19-14-9-11(18)6-7-13(14)16(21)20-15/h2-7,9H,8H2,1H3,(H,19,20,21). The first-order valence-corrected chi connectivity index (χ1v) is 7.31. The number of carbonyl (C=O) groups excluding carboxylic acids is 1. The van der Waals surface area contributed by atoms with Gasteiger partial charge >= 0.3 is 5.97 Å². The van der Waals surface area contributed by atoms with E-state index in [1.165, 1.54) is 7.11 Å². The maximum absolute atomic E-state index is 12.1. The lowest BCUT2D eigenvalue weighted by atomic mass is 10.0. The van der Waals surface area contributed by atoms with Gasteiger partial charge in [0.15, 0.2) is 0 Å². The van der Waals surface area contributed by atoms with Gasteiger partial charge < -0.3 is 9.72 Å². The first-order valence-electron chi connectivity index (χ1n) is 6.93. The van der Waals surface area contributed by atoms with Crippen LogP contribution in [0.2, 0.25) is 5.02 Å². The Morgan fingerprint density at radius 2 is 2.04 bits per heavy atom. The number of H-pyrrole nitrogens is 1. The molecular weight excluding hydrogens is 316 g/mol. The van der Waals surface area contributed by atoms with Crippen molar-refractivity contribution >= 4 is 28.5 Å². The molecule has 1 N–H and O–H groups in total. The quantitative estimate of drug-likeness (QED) is 0.750. The maximum atomic E-state index is 12.1. The number of rotatable bonds is 3. The van der Waals surface area contributed by atoms with Crippen LogP contribution >= 0.6 is 11.6 Å². The third-order valence-corrected chi connectivity index (χ3v) is 3.73. The molecule has 3 rings (SSSR count). The molecule has 116 valence electrons. The molecule has 0 aliphatic rings. The van der Waals surface area contributed by atoms with Crippen LogP contribution in [-0.4, -0.2) is 23.0 Å². The first kappa shape index (κ1) is 15.2. The van der Waals surface area contributed by atoms with Crippen molar-refractivity contribution in [1.82, 2.24) is 9.97 Å². The van der Waals surface area contributed by atoms with Crippen LogP contribution in [0.25, 0.3) is 10.9 Å². The van der Waals surface area contributed by atoms with Crippen molar-refractivity contribution in [2.45, 2.75) is 6.42 Å². The van der Waals surface area contributed by atoms with Crippen molar-refractivity contribution in [3.63, 3.8) is 0 Å². The fraction of sp³-hybridized carbons (Fsp3) is 0.118. The topological polar surface area (TPSA) is 72.0 Å². The first-order chi connectivity index (χ1) is 11.1. The monoisotopic (exact) mass is 328 g/mol. The number of benzene rings is 2. The number of aromatic amines is 1. The van der Waals surface area contributed by atoms with Crippen molar-refractivity contribution in [2.24, 2.45) is 0 Å². The normalized spacial score (nSPS) is 10.7. The summed E-state index contributed by atoms with van der Waals surface area (Å²) >= 11 is 5.96. The van der Waals surface area contributed by atoms with Gasteiger partial charge in [-0.3, -0.25) is 4.79 Å². The molecule has 2 aromatic carbocycles. The van der Waals surface area contributed by atoms with Crippen LogP contribution in [0.5, 0.6) is 0 Å². The number of aromatic nitrogens is 2. The summed E-state index contributed by atoms with van der Waals surface area (Å²) in [6.07, 6.45) is 0.308. The summed E-state index contributed by atoms with van der Waals surface area (Å²) in [7, 11) is 1.33. The van der Waals surface area contributed by atoms with E-state index in [1.54, 1.807) is 36.4 Å². The van der Waals surface area contributed by atoms with E-state index in [4.69, 9.17) is 16.3 Å². The summed E-state index contributed by atoms with van der Waals surface area (Å²) in [5.41, 5.74) is 1.46. The van der Waals surface area contributed by atoms with Crippen LogP contribution < -0.4 is 5.56 Å². The minimum absolute atomic E-state index is 0.239. The second-order valence-electron chi connectivity index (χ2n) is 5.00. The van der Waals surface area contributed by atoms with Gasteiger partial charge in [0.1, 0.15) is 5.82 Å². The van der Waals surface area contributed by atoms with E-state index < -0.39 is 5.97 Å². The summed E-state index contributed by atoms with van der Waals surface area (Å²) in [5, 5.41) is 0.982. The molecule has 0 atom stereocenters. The highest BCUT2D eigenvalue weighted by molar-refractivity contribution is 6.31. The van der Waals surface area contributed by atoms with Gasteiger partial charge in [0, 0.05) is 11.4 Å². The average Bonchev–Trinajstić information content (AvgIpc) is 2.54. The molecule has 0 spiro atoms. The number of halogens is 1. The second-order valence-corrected chi connectivity index (χ2v) is 5.44. The third-order valence-electron chi connectivity index (χ3n) is 3.50. The zero-order valence-corrected chi connectivity index (χ0v) is 13.1. The summed E-state index contributed by atoms with van der Waals surface area (Å²) in [4.78, 5) is 31.1. The Labute approximate surface area is 136 Å². The summed E-state index contributed by atoms with van der Waals surface area (Å²) in [6.45, 7) is 0. The molecule has 3 aromatic rings. The van der Waals surface area contributed by atoms with Crippen molar-refractivity contribution in [1.29, 1.82) is 0 Å². The van der Waals surface area contributed by atoms with E-state index >= 15 is 0 Å². The van der Waals surface area contributed by atoms with Crippen LogP contribution in [-0.2, 0) is 11.2 Å². The van der Waals surface area contributed by atoms with Crippen molar-refractivity contribution in [3.05, 3.63) is 74.8 Å². The van der Waals surface area contributed by atoms with Crippen LogP contribution in [0.15, 0.2) is 47.3 Å². The van der Waals surface area contributed by atoms with Gasteiger partial charge in [-0.05, 0) is 29.8 Å². The Hall–Kier alpha value is -2.66. The van der Waals surface area contributed by atoms with Crippen LogP contribution in [0.4, 0.5) is 0 Å². The molecule has 0 aliphatic carbocycles.